The molecule has 32 heavy (non-hydrogen) atoms. The molecule has 1 N–H and O–H groups in total. The average Bonchev–Trinajstić information content (AvgIpc) is 3.29. The molecule has 0 spiro atoms. The number of allylic oxidation sites excluding steroid dienone is 1. The lowest BCUT2D eigenvalue weighted by molar-refractivity contribution is -0.118. The van der Waals surface area contributed by atoms with E-state index >= 15 is 0 Å². The second-order valence-electron chi connectivity index (χ2n) is 7.34. The van der Waals surface area contributed by atoms with E-state index in [0.717, 1.165) is 5.56 Å². The van der Waals surface area contributed by atoms with Gasteiger partial charge in [0.25, 0.3) is 5.91 Å². The summed E-state index contributed by atoms with van der Waals surface area (Å²) in [6, 6.07) is 14.7. The van der Waals surface area contributed by atoms with E-state index in [1.165, 1.54) is 6.08 Å². The fraction of sp³-hybridized carbons (Fsp3) is 0.240. The molecule has 0 fully saturated rings. The molecule has 1 aromatic heterocycles. The van der Waals surface area contributed by atoms with Crippen LogP contribution in [0.2, 0.25) is 0 Å². The summed E-state index contributed by atoms with van der Waals surface area (Å²) in [7, 11) is 0. The molecule has 1 heterocycles. The molecule has 7 heteroatoms. The van der Waals surface area contributed by atoms with Gasteiger partial charge in [-0.25, -0.2) is 0 Å². The molecule has 0 bridgehead atoms. The van der Waals surface area contributed by atoms with Crippen molar-refractivity contribution in [3.8, 4) is 11.5 Å². The van der Waals surface area contributed by atoms with E-state index in [9.17, 15) is 9.59 Å². The maximum Gasteiger partial charge on any atom is 0.262 e. The molecule has 2 aromatic carbocycles. The Balaban J connectivity index is 1.64. The highest BCUT2D eigenvalue weighted by Gasteiger charge is 2.10. The smallest absolute Gasteiger partial charge is 0.262 e. The minimum Gasteiger partial charge on any atom is -0.490 e. The molecule has 0 atom stereocenters. The fourth-order valence-corrected chi connectivity index (χ4v) is 2.89. The molecule has 0 saturated carbocycles. The predicted molar refractivity (Wildman–Crippen MR) is 124 cm³/mol. The molecule has 0 radical (unpaired) electrons. The van der Waals surface area contributed by atoms with Gasteiger partial charge in [-0.05, 0) is 56.7 Å². The highest BCUT2D eigenvalue weighted by molar-refractivity contribution is 6.06. The summed E-state index contributed by atoms with van der Waals surface area (Å²) in [5.74, 6) is 0.557. The van der Waals surface area contributed by atoms with Gasteiger partial charge in [-0.15, -0.1) is 0 Å². The van der Waals surface area contributed by atoms with E-state index < -0.39 is 0 Å². The molecule has 7 nitrogen and oxygen atoms in total. The number of nitrogens with one attached hydrogen (secondary N) is 1. The summed E-state index contributed by atoms with van der Waals surface area (Å²) >= 11 is 0. The minimum absolute atomic E-state index is 0.132. The molecular formula is C25H27N3O4. The molecular weight excluding hydrogens is 406 g/mol. The van der Waals surface area contributed by atoms with Crippen LogP contribution in [0.4, 0.5) is 5.69 Å². The maximum atomic E-state index is 12.4. The summed E-state index contributed by atoms with van der Waals surface area (Å²) in [5.41, 5.74) is 2.01. The number of rotatable bonds is 10. The summed E-state index contributed by atoms with van der Waals surface area (Å²) in [5, 5.41) is 6.97. The van der Waals surface area contributed by atoms with Crippen molar-refractivity contribution in [2.75, 3.05) is 18.5 Å². The number of anilines is 1. The Morgan fingerprint density at radius 1 is 1.09 bits per heavy atom. The standard InChI is InChI=1S/C25H27N3O4/c1-4-31-24-14-19(10-12-22(29)20-15-26-28(16-20)18(2)3)11-13-23(24)32-17-25(30)27-21-8-6-5-7-9-21/h5-16,18H,4,17H2,1-3H3,(H,27,30). The van der Waals surface area contributed by atoms with Crippen LogP contribution in [0.5, 0.6) is 11.5 Å². The molecule has 0 aliphatic heterocycles. The normalized spacial score (nSPS) is 11.0. The van der Waals surface area contributed by atoms with Crippen LogP contribution in [0.1, 0.15) is 42.7 Å². The maximum absolute atomic E-state index is 12.4. The Bertz CT molecular complexity index is 1090. The average molecular weight is 434 g/mol. The molecule has 0 saturated heterocycles. The number of hydrogen-bond acceptors (Lipinski definition) is 5. The molecule has 166 valence electrons. The molecule has 1 amide bonds. The molecule has 0 aliphatic carbocycles. The molecule has 0 aliphatic rings. The second-order valence-corrected chi connectivity index (χ2v) is 7.34. The van der Waals surface area contributed by atoms with E-state index in [1.54, 1.807) is 53.5 Å². The number of ether oxygens (including phenoxy) is 2. The first-order valence-corrected chi connectivity index (χ1v) is 10.5. The van der Waals surface area contributed by atoms with Crippen LogP contribution in [0.3, 0.4) is 0 Å². The summed E-state index contributed by atoms with van der Waals surface area (Å²) in [6.07, 6.45) is 6.51. The zero-order valence-electron chi connectivity index (χ0n) is 18.4. The van der Waals surface area contributed by atoms with Crippen LogP contribution in [-0.4, -0.2) is 34.7 Å². The number of benzene rings is 2. The quantitative estimate of drug-likeness (QED) is 0.368. The van der Waals surface area contributed by atoms with Gasteiger partial charge in [0.2, 0.25) is 0 Å². The number of para-hydroxylation sites is 1. The highest BCUT2D eigenvalue weighted by atomic mass is 16.5. The number of carbonyl (C=O) groups is 2. The summed E-state index contributed by atoms with van der Waals surface area (Å²) in [4.78, 5) is 24.6. The zero-order chi connectivity index (χ0) is 22.9. The SMILES string of the molecule is CCOc1cc(C=CC(=O)c2cnn(C(C)C)c2)ccc1OCC(=O)Nc1ccccc1. The Kier molecular flexibility index (Phi) is 7.80. The monoisotopic (exact) mass is 433 g/mol. The van der Waals surface area contributed by atoms with Crippen LogP contribution >= 0.6 is 0 Å². The van der Waals surface area contributed by atoms with Gasteiger partial charge in [-0.1, -0.05) is 30.3 Å². The number of aromatic nitrogens is 2. The van der Waals surface area contributed by atoms with Gasteiger partial charge < -0.3 is 14.8 Å². The largest absolute Gasteiger partial charge is 0.490 e. The lowest BCUT2D eigenvalue weighted by atomic mass is 10.1. The van der Waals surface area contributed by atoms with Crippen molar-refractivity contribution in [3.63, 3.8) is 0 Å². The minimum atomic E-state index is -0.268. The van der Waals surface area contributed by atoms with Crippen LogP contribution in [0.15, 0.2) is 67.0 Å². The van der Waals surface area contributed by atoms with E-state index in [0.29, 0.717) is 29.4 Å². The Labute approximate surface area is 187 Å². The van der Waals surface area contributed by atoms with Crippen LogP contribution < -0.4 is 14.8 Å². The predicted octanol–water partition coefficient (Wildman–Crippen LogP) is 4.78. The van der Waals surface area contributed by atoms with Gasteiger partial charge in [-0.3, -0.25) is 14.3 Å². The number of hydrogen-bond donors (Lipinski definition) is 1. The van der Waals surface area contributed by atoms with Crippen LogP contribution in [0.25, 0.3) is 6.08 Å². The van der Waals surface area contributed by atoms with Crippen molar-refractivity contribution in [2.45, 2.75) is 26.8 Å². The number of carbonyl (C=O) groups excluding carboxylic acids is 2. The second kappa shape index (κ2) is 10.9. The van der Waals surface area contributed by atoms with Crippen molar-refractivity contribution in [2.24, 2.45) is 0 Å². The van der Waals surface area contributed by atoms with E-state index in [1.807, 2.05) is 39.0 Å². The van der Waals surface area contributed by atoms with Gasteiger partial charge in [0.05, 0.1) is 18.4 Å². The number of nitrogens with zero attached hydrogens (tertiary/aromatic N) is 2. The third kappa shape index (κ3) is 6.31. The van der Waals surface area contributed by atoms with E-state index in [4.69, 9.17) is 9.47 Å². The van der Waals surface area contributed by atoms with Crippen LogP contribution in [0, 0.1) is 0 Å². The van der Waals surface area contributed by atoms with Crippen molar-refractivity contribution in [1.82, 2.24) is 9.78 Å². The van der Waals surface area contributed by atoms with E-state index in [-0.39, 0.29) is 24.3 Å². The Hall–Kier alpha value is -3.87. The first-order chi connectivity index (χ1) is 15.5. The first kappa shape index (κ1) is 22.8. The first-order valence-electron chi connectivity index (χ1n) is 10.5. The van der Waals surface area contributed by atoms with Crippen molar-refractivity contribution in [3.05, 3.63) is 78.1 Å². The molecule has 0 unspecified atom stereocenters. The summed E-state index contributed by atoms with van der Waals surface area (Å²) in [6.45, 7) is 6.16. The van der Waals surface area contributed by atoms with Crippen molar-refractivity contribution < 1.29 is 19.1 Å². The number of amides is 1. The molecule has 3 rings (SSSR count). The Morgan fingerprint density at radius 2 is 1.88 bits per heavy atom. The zero-order valence-corrected chi connectivity index (χ0v) is 18.4. The highest BCUT2D eigenvalue weighted by Crippen LogP contribution is 2.29. The van der Waals surface area contributed by atoms with Gasteiger partial charge in [0.15, 0.2) is 23.9 Å². The topological polar surface area (TPSA) is 82.4 Å². The summed E-state index contributed by atoms with van der Waals surface area (Å²) < 4.78 is 13.1. The third-order valence-corrected chi connectivity index (χ3v) is 4.53. The van der Waals surface area contributed by atoms with Gasteiger partial charge in [-0.2, -0.15) is 5.10 Å². The van der Waals surface area contributed by atoms with E-state index in [2.05, 4.69) is 10.4 Å². The van der Waals surface area contributed by atoms with Gasteiger partial charge in [0, 0.05) is 17.9 Å². The lowest BCUT2D eigenvalue weighted by Gasteiger charge is -2.12. The number of ketones is 1. The van der Waals surface area contributed by atoms with Gasteiger partial charge >= 0.3 is 0 Å². The van der Waals surface area contributed by atoms with Crippen LogP contribution in [-0.2, 0) is 4.79 Å². The molecule has 3 aromatic rings. The third-order valence-electron chi connectivity index (χ3n) is 4.53. The van der Waals surface area contributed by atoms with Crippen molar-refractivity contribution >= 4 is 23.5 Å². The fourth-order valence-electron chi connectivity index (χ4n) is 2.89. The van der Waals surface area contributed by atoms with Gasteiger partial charge in [0.1, 0.15) is 0 Å². The Morgan fingerprint density at radius 3 is 2.56 bits per heavy atom. The lowest BCUT2D eigenvalue weighted by Crippen LogP contribution is -2.20. The van der Waals surface area contributed by atoms with Crippen molar-refractivity contribution in [1.29, 1.82) is 0 Å².